The van der Waals surface area contributed by atoms with Crippen LogP contribution in [0.4, 0.5) is 0 Å². The van der Waals surface area contributed by atoms with Gasteiger partial charge in [0.05, 0.1) is 13.0 Å². The predicted molar refractivity (Wildman–Crippen MR) is 147 cm³/mol. The maximum atomic E-state index is 14.6. The first-order valence-electron chi connectivity index (χ1n) is 14.7. The number of ether oxygens (including phenoxy) is 1. The number of methoxy groups -OCH3 is 1. The van der Waals surface area contributed by atoms with Gasteiger partial charge < -0.3 is 15.0 Å². The Morgan fingerprint density at radius 3 is 2.73 bits per heavy atom. The number of pyridine rings is 1. The molecule has 4 atom stereocenters. The Balaban J connectivity index is 1.31. The van der Waals surface area contributed by atoms with Gasteiger partial charge in [-0.2, -0.15) is 0 Å². The van der Waals surface area contributed by atoms with Gasteiger partial charge >= 0.3 is 0 Å². The van der Waals surface area contributed by atoms with Crippen LogP contribution in [0.15, 0.2) is 36.4 Å². The lowest BCUT2D eigenvalue weighted by molar-refractivity contribution is -0.143. The molecular weight excluding hydrogens is 458 g/mol. The highest BCUT2D eigenvalue weighted by Crippen LogP contribution is 2.47. The van der Waals surface area contributed by atoms with Gasteiger partial charge in [0.25, 0.3) is 0 Å². The highest BCUT2D eigenvalue weighted by molar-refractivity contribution is 5.82. The summed E-state index contributed by atoms with van der Waals surface area (Å²) in [6, 6.07) is 13.5. The van der Waals surface area contributed by atoms with Crippen LogP contribution in [0.3, 0.4) is 0 Å². The molecule has 0 unspecified atom stereocenters. The third kappa shape index (κ3) is 4.47. The van der Waals surface area contributed by atoms with Gasteiger partial charge in [0.15, 0.2) is 0 Å². The Labute approximate surface area is 222 Å². The molecule has 6 rings (SSSR count). The van der Waals surface area contributed by atoms with Gasteiger partial charge in [-0.1, -0.05) is 49.6 Å². The zero-order valence-corrected chi connectivity index (χ0v) is 22.7. The third-order valence-corrected chi connectivity index (χ3v) is 10.2. The highest BCUT2D eigenvalue weighted by Gasteiger charge is 2.52. The summed E-state index contributed by atoms with van der Waals surface area (Å²) in [4.78, 5) is 21.8. The highest BCUT2D eigenvalue weighted by atomic mass is 16.5. The minimum absolute atomic E-state index is 0.0113. The van der Waals surface area contributed by atoms with Crippen LogP contribution in [0.5, 0.6) is 5.88 Å². The van der Waals surface area contributed by atoms with Crippen molar-refractivity contribution in [3.8, 4) is 5.88 Å². The van der Waals surface area contributed by atoms with Crippen molar-refractivity contribution in [3.63, 3.8) is 0 Å². The van der Waals surface area contributed by atoms with Crippen molar-refractivity contribution in [1.29, 1.82) is 0 Å². The molecular formula is C32H43N3O2. The van der Waals surface area contributed by atoms with Gasteiger partial charge in [-0.15, -0.1) is 0 Å². The molecule has 5 nitrogen and oxygen atoms in total. The number of aryl methyl sites for hydroxylation is 2. The summed E-state index contributed by atoms with van der Waals surface area (Å²) in [5.41, 5.74) is 5.17. The SMILES string of the molecule is COc1ccc2c(n1)CCC[C@]21CNC[C@H]1C(=O)N1CC[C@@H](c2ccccc2C)C[C@H]1C1CCCCC1. The second kappa shape index (κ2) is 10.4. The van der Waals surface area contributed by atoms with Crippen LogP contribution in [0.25, 0.3) is 0 Å². The maximum Gasteiger partial charge on any atom is 0.228 e. The fourth-order valence-corrected chi connectivity index (χ4v) is 8.34. The number of hydrogen-bond donors (Lipinski definition) is 1. The van der Waals surface area contributed by atoms with Crippen molar-refractivity contribution in [3.05, 3.63) is 58.8 Å². The molecule has 0 radical (unpaired) electrons. The van der Waals surface area contributed by atoms with Crippen LogP contribution in [-0.4, -0.2) is 48.6 Å². The van der Waals surface area contributed by atoms with Gasteiger partial charge in [-0.3, -0.25) is 4.79 Å². The average Bonchev–Trinajstić information content (AvgIpc) is 3.36. The van der Waals surface area contributed by atoms with Gasteiger partial charge in [-0.05, 0) is 80.4 Å². The van der Waals surface area contributed by atoms with Crippen molar-refractivity contribution in [2.24, 2.45) is 11.8 Å². The Morgan fingerprint density at radius 2 is 1.92 bits per heavy atom. The first-order chi connectivity index (χ1) is 18.1. The van der Waals surface area contributed by atoms with Crippen LogP contribution in [-0.2, 0) is 16.6 Å². The summed E-state index contributed by atoms with van der Waals surface area (Å²) in [6.07, 6.45) is 11.8. The number of rotatable bonds is 4. The maximum absolute atomic E-state index is 14.6. The van der Waals surface area contributed by atoms with Gasteiger partial charge in [0, 0.05) is 42.9 Å². The number of carbonyl (C=O) groups excluding carboxylic acids is 1. The molecule has 2 aliphatic carbocycles. The summed E-state index contributed by atoms with van der Waals surface area (Å²) in [5, 5.41) is 3.65. The monoisotopic (exact) mass is 501 g/mol. The van der Waals surface area contributed by atoms with Crippen molar-refractivity contribution in [1.82, 2.24) is 15.2 Å². The molecule has 1 aromatic carbocycles. The molecule has 5 heteroatoms. The van der Waals surface area contributed by atoms with E-state index in [1.165, 1.54) is 48.8 Å². The second-order valence-electron chi connectivity index (χ2n) is 12.1. The largest absolute Gasteiger partial charge is 0.481 e. The molecule has 0 bridgehead atoms. The molecule has 1 spiro atoms. The van der Waals surface area contributed by atoms with Crippen molar-refractivity contribution < 1.29 is 9.53 Å². The van der Waals surface area contributed by atoms with E-state index in [0.717, 1.165) is 57.4 Å². The number of amides is 1. The lowest BCUT2D eigenvalue weighted by Crippen LogP contribution is -2.55. The Morgan fingerprint density at radius 1 is 1.08 bits per heavy atom. The normalized spacial score (nSPS) is 30.3. The van der Waals surface area contributed by atoms with E-state index in [0.29, 0.717) is 29.7 Å². The zero-order chi connectivity index (χ0) is 25.4. The van der Waals surface area contributed by atoms with E-state index in [1.54, 1.807) is 7.11 Å². The molecule has 3 fully saturated rings. The van der Waals surface area contributed by atoms with Gasteiger partial charge in [0.2, 0.25) is 11.8 Å². The standard InChI is InChI=1S/C32H43N3O2/c1-22-9-6-7-12-25(22)24-16-18-35(29(19-24)23-10-4-3-5-11-23)31(36)27-20-33-21-32(27)17-8-13-28-26(32)14-15-30(34-28)37-2/h6-7,9,12,14-15,23-24,27,29,33H,3-5,8,10-11,13,16-21H2,1-2H3/t24-,27+,29+,32+/m1/s1. The smallest absolute Gasteiger partial charge is 0.228 e. The first kappa shape index (κ1) is 24.9. The van der Waals surface area contributed by atoms with E-state index >= 15 is 0 Å². The molecule has 2 aliphatic heterocycles. The number of likely N-dealkylation sites (tertiary alicyclic amines) is 1. The van der Waals surface area contributed by atoms with Crippen molar-refractivity contribution in [2.75, 3.05) is 26.7 Å². The summed E-state index contributed by atoms with van der Waals surface area (Å²) >= 11 is 0. The van der Waals surface area contributed by atoms with Crippen molar-refractivity contribution >= 4 is 5.91 Å². The average molecular weight is 502 g/mol. The number of carbonyl (C=O) groups is 1. The predicted octanol–water partition coefficient (Wildman–Crippen LogP) is 5.55. The third-order valence-electron chi connectivity index (χ3n) is 10.2. The van der Waals surface area contributed by atoms with Crippen molar-refractivity contribution in [2.45, 2.75) is 88.5 Å². The molecule has 2 saturated heterocycles. The number of nitrogens with one attached hydrogen (secondary N) is 1. The molecule has 4 aliphatic rings. The first-order valence-corrected chi connectivity index (χ1v) is 14.7. The van der Waals surface area contributed by atoms with Gasteiger partial charge in [-0.25, -0.2) is 4.98 Å². The van der Waals surface area contributed by atoms with Crippen LogP contribution in [0.2, 0.25) is 0 Å². The summed E-state index contributed by atoms with van der Waals surface area (Å²) < 4.78 is 5.43. The quantitative estimate of drug-likeness (QED) is 0.597. The summed E-state index contributed by atoms with van der Waals surface area (Å²) in [6.45, 7) is 4.79. The minimum atomic E-state index is -0.145. The van der Waals surface area contributed by atoms with E-state index < -0.39 is 0 Å². The van der Waals surface area contributed by atoms with E-state index in [9.17, 15) is 4.79 Å². The number of piperidine rings is 1. The van der Waals surface area contributed by atoms with E-state index in [2.05, 4.69) is 47.5 Å². The number of aromatic nitrogens is 1. The second-order valence-corrected chi connectivity index (χ2v) is 12.1. The molecule has 3 heterocycles. The van der Waals surface area contributed by atoms with Gasteiger partial charge in [0.1, 0.15) is 0 Å². The minimum Gasteiger partial charge on any atom is -0.481 e. The number of fused-ring (bicyclic) bond motifs is 2. The molecule has 1 aromatic heterocycles. The Kier molecular flexibility index (Phi) is 7.00. The number of hydrogen-bond acceptors (Lipinski definition) is 4. The van der Waals surface area contributed by atoms with Crippen LogP contribution < -0.4 is 10.1 Å². The number of benzene rings is 1. The van der Waals surface area contributed by atoms with Crippen LogP contribution in [0.1, 0.15) is 86.1 Å². The molecule has 1 amide bonds. The van der Waals surface area contributed by atoms with E-state index in [1.807, 2.05) is 6.07 Å². The summed E-state index contributed by atoms with van der Waals surface area (Å²) in [5.74, 6) is 2.26. The van der Waals surface area contributed by atoms with E-state index in [4.69, 9.17) is 9.72 Å². The van der Waals surface area contributed by atoms with Crippen LogP contribution in [0, 0.1) is 18.8 Å². The Bertz CT molecular complexity index is 1130. The molecule has 198 valence electrons. The fourth-order valence-electron chi connectivity index (χ4n) is 8.34. The molecule has 37 heavy (non-hydrogen) atoms. The Hall–Kier alpha value is -2.40. The van der Waals surface area contributed by atoms with Crippen LogP contribution >= 0.6 is 0 Å². The molecule has 1 saturated carbocycles. The molecule has 2 aromatic rings. The zero-order valence-electron chi connectivity index (χ0n) is 22.7. The lowest BCUT2D eigenvalue weighted by Gasteiger charge is -2.48. The van der Waals surface area contributed by atoms with E-state index in [-0.39, 0.29) is 11.3 Å². The topological polar surface area (TPSA) is 54.5 Å². The number of nitrogens with zero attached hydrogens (tertiary/aromatic N) is 2. The summed E-state index contributed by atoms with van der Waals surface area (Å²) in [7, 11) is 1.68. The lowest BCUT2D eigenvalue weighted by atomic mass is 9.64. The molecule has 1 N–H and O–H groups in total. The fraction of sp³-hybridized carbons (Fsp3) is 0.625.